The van der Waals surface area contributed by atoms with Crippen molar-refractivity contribution in [2.75, 3.05) is 18.4 Å². The molecule has 0 saturated carbocycles. The van der Waals surface area contributed by atoms with E-state index >= 15 is 0 Å². The van der Waals surface area contributed by atoms with E-state index in [-0.39, 0.29) is 5.92 Å². The monoisotopic (exact) mass is 304 g/mol. The smallest absolute Gasteiger partial charge is 0.225 e. The Morgan fingerprint density at radius 3 is 2.45 bits per heavy atom. The molecule has 0 aliphatic carbocycles. The van der Waals surface area contributed by atoms with Gasteiger partial charge >= 0.3 is 0 Å². The Bertz CT molecular complexity index is 505. The maximum absolute atomic E-state index is 12.4. The number of carbonyl (C=O) groups excluding carboxylic acids is 1. The van der Waals surface area contributed by atoms with E-state index in [1.165, 1.54) is 0 Å². The number of anilines is 1. The van der Waals surface area contributed by atoms with Crippen molar-refractivity contribution in [1.29, 1.82) is 0 Å². The van der Waals surface area contributed by atoms with Crippen LogP contribution in [0.15, 0.2) is 6.07 Å². The van der Waals surface area contributed by atoms with Crippen LogP contribution in [0, 0.1) is 19.8 Å². The maximum atomic E-state index is 12.4. The van der Waals surface area contributed by atoms with Crippen molar-refractivity contribution < 1.29 is 4.79 Å². The zero-order valence-corrected chi connectivity index (χ0v) is 14.2. The van der Waals surface area contributed by atoms with Crippen LogP contribution < -0.4 is 5.32 Å². The second kappa shape index (κ2) is 7.56. The van der Waals surface area contributed by atoms with Gasteiger partial charge in [0.2, 0.25) is 5.91 Å². The molecule has 0 unspecified atom stereocenters. The van der Waals surface area contributed by atoms with Gasteiger partial charge in [-0.25, -0.2) is 0 Å². The molecule has 0 spiro atoms. The molecule has 1 saturated heterocycles. The molecular weight excluding hydrogens is 276 g/mol. The number of aromatic nitrogens is 2. The van der Waals surface area contributed by atoms with Crippen LogP contribution in [0.25, 0.3) is 0 Å². The molecular formula is C17H28N4O. The highest BCUT2D eigenvalue weighted by atomic mass is 16.2. The van der Waals surface area contributed by atoms with Crippen LogP contribution in [-0.2, 0) is 4.79 Å². The highest BCUT2D eigenvalue weighted by Crippen LogP contribution is 2.19. The van der Waals surface area contributed by atoms with Crippen molar-refractivity contribution in [3.05, 3.63) is 17.3 Å². The van der Waals surface area contributed by atoms with E-state index in [1.54, 1.807) is 0 Å². The van der Waals surface area contributed by atoms with Crippen molar-refractivity contribution in [3.8, 4) is 0 Å². The lowest BCUT2D eigenvalue weighted by Gasteiger charge is -2.34. The van der Waals surface area contributed by atoms with Gasteiger partial charge in [0, 0.05) is 25.0 Å². The summed E-state index contributed by atoms with van der Waals surface area (Å²) in [5.74, 6) is 1.36. The molecule has 0 bridgehead atoms. The fourth-order valence-corrected chi connectivity index (χ4v) is 2.97. The molecule has 5 heteroatoms. The molecule has 2 heterocycles. The van der Waals surface area contributed by atoms with Crippen molar-refractivity contribution in [3.63, 3.8) is 0 Å². The molecule has 1 aliphatic rings. The van der Waals surface area contributed by atoms with Crippen molar-refractivity contribution in [2.45, 2.75) is 59.4 Å². The van der Waals surface area contributed by atoms with Gasteiger partial charge in [-0.2, -0.15) is 5.10 Å². The first kappa shape index (κ1) is 16.7. The van der Waals surface area contributed by atoms with Crippen molar-refractivity contribution >= 4 is 11.7 Å². The second-order valence-electron chi connectivity index (χ2n) is 6.26. The van der Waals surface area contributed by atoms with Crippen LogP contribution in [-0.4, -0.2) is 40.1 Å². The van der Waals surface area contributed by atoms with Crippen molar-refractivity contribution in [2.24, 2.45) is 5.92 Å². The Balaban J connectivity index is 1.86. The average Bonchev–Trinajstić information content (AvgIpc) is 2.53. The van der Waals surface area contributed by atoms with Crippen LogP contribution >= 0.6 is 0 Å². The molecule has 22 heavy (non-hydrogen) atoms. The van der Waals surface area contributed by atoms with Crippen LogP contribution in [0.4, 0.5) is 5.82 Å². The first-order valence-electron chi connectivity index (χ1n) is 8.41. The Labute approximate surface area is 133 Å². The topological polar surface area (TPSA) is 58.1 Å². The number of amides is 1. The van der Waals surface area contributed by atoms with Gasteiger partial charge in [-0.15, -0.1) is 5.10 Å². The minimum Gasteiger partial charge on any atom is -0.366 e. The number of nitrogens with one attached hydrogen (secondary N) is 1. The van der Waals surface area contributed by atoms with Gasteiger partial charge in [0.25, 0.3) is 0 Å². The predicted octanol–water partition coefficient (Wildman–Crippen LogP) is 2.93. The first-order chi connectivity index (χ1) is 10.5. The van der Waals surface area contributed by atoms with Crippen LogP contribution in [0.3, 0.4) is 0 Å². The Morgan fingerprint density at radius 2 is 1.91 bits per heavy atom. The van der Waals surface area contributed by atoms with E-state index < -0.39 is 0 Å². The number of hydrogen-bond acceptors (Lipinski definition) is 4. The van der Waals surface area contributed by atoms with Gasteiger partial charge in [-0.1, -0.05) is 13.8 Å². The van der Waals surface area contributed by atoms with Gasteiger partial charge in [-0.3, -0.25) is 4.79 Å². The predicted molar refractivity (Wildman–Crippen MR) is 88.8 cm³/mol. The van der Waals surface area contributed by atoms with Gasteiger partial charge in [0.1, 0.15) is 5.82 Å². The summed E-state index contributed by atoms with van der Waals surface area (Å²) in [4.78, 5) is 14.4. The normalized spacial score (nSPS) is 16.1. The zero-order chi connectivity index (χ0) is 16.1. The second-order valence-corrected chi connectivity index (χ2v) is 6.26. The van der Waals surface area contributed by atoms with E-state index in [9.17, 15) is 4.79 Å². The van der Waals surface area contributed by atoms with Gasteiger partial charge in [-0.05, 0) is 51.2 Å². The zero-order valence-electron chi connectivity index (χ0n) is 14.2. The maximum Gasteiger partial charge on any atom is 0.225 e. The summed E-state index contributed by atoms with van der Waals surface area (Å²) in [6.07, 6.45) is 3.82. The molecule has 0 aromatic carbocycles. The summed E-state index contributed by atoms with van der Waals surface area (Å²) in [7, 11) is 0. The summed E-state index contributed by atoms with van der Waals surface area (Å²) in [5, 5.41) is 11.8. The van der Waals surface area contributed by atoms with Gasteiger partial charge in [0.15, 0.2) is 0 Å². The van der Waals surface area contributed by atoms with Crippen LogP contribution in [0.1, 0.15) is 50.8 Å². The molecule has 1 N–H and O–H groups in total. The van der Waals surface area contributed by atoms with E-state index in [2.05, 4.69) is 29.4 Å². The molecule has 2 rings (SSSR count). The number of carbonyl (C=O) groups is 1. The quantitative estimate of drug-likeness (QED) is 0.908. The minimum absolute atomic E-state index is 0.190. The number of piperidine rings is 1. The Hall–Kier alpha value is -1.65. The number of hydrogen-bond donors (Lipinski definition) is 1. The molecule has 1 aliphatic heterocycles. The SMILES string of the molecule is CCC(CC)C(=O)N1CCC(Nc2cc(C)c(C)nn2)CC1. The van der Waals surface area contributed by atoms with Crippen LogP contribution in [0.5, 0.6) is 0 Å². The number of likely N-dealkylation sites (tertiary alicyclic amines) is 1. The minimum atomic E-state index is 0.190. The van der Waals surface area contributed by atoms with E-state index in [1.807, 2.05) is 24.8 Å². The Morgan fingerprint density at radius 1 is 1.27 bits per heavy atom. The largest absolute Gasteiger partial charge is 0.366 e. The lowest BCUT2D eigenvalue weighted by molar-refractivity contribution is -0.136. The highest BCUT2D eigenvalue weighted by molar-refractivity contribution is 5.78. The molecule has 1 aromatic heterocycles. The summed E-state index contributed by atoms with van der Waals surface area (Å²) < 4.78 is 0. The molecule has 1 amide bonds. The number of aryl methyl sites for hydroxylation is 2. The van der Waals surface area contributed by atoms with Gasteiger partial charge < -0.3 is 10.2 Å². The third kappa shape index (κ3) is 3.96. The average molecular weight is 304 g/mol. The standard InChI is InChI=1S/C17H28N4O/c1-5-14(6-2)17(22)21-9-7-15(8-10-21)18-16-11-12(3)13(4)19-20-16/h11,14-15H,5-10H2,1-4H3,(H,18,20). The lowest BCUT2D eigenvalue weighted by Crippen LogP contribution is -2.44. The number of rotatable bonds is 5. The summed E-state index contributed by atoms with van der Waals surface area (Å²) >= 11 is 0. The third-order valence-electron chi connectivity index (χ3n) is 4.73. The third-order valence-corrected chi connectivity index (χ3v) is 4.73. The first-order valence-corrected chi connectivity index (χ1v) is 8.41. The van der Waals surface area contributed by atoms with Crippen LogP contribution in [0.2, 0.25) is 0 Å². The molecule has 122 valence electrons. The summed E-state index contributed by atoms with van der Waals surface area (Å²) in [5.41, 5.74) is 2.12. The van der Waals surface area contributed by atoms with E-state index in [4.69, 9.17) is 0 Å². The summed E-state index contributed by atoms with van der Waals surface area (Å²) in [6, 6.07) is 2.42. The fourth-order valence-electron chi connectivity index (χ4n) is 2.97. The van der Waals surface area contributed by atoms with Gasteiger partial charge in [0.05, 0.1) is 5.69 Å². The summed E-state index contributed by atoms with van der Waals surface area (Å²) in [6.45, 7) is 9.88. The lowest BCUT2D eigenvalue weighted by atomic mass is 9.98. The van der Waals surface area contributed by atoms with Crippen molar-refractivity contribution in [1.82, 2.24) is 15.1 Å². The number of nitrogens with zero attached hydrogens (tertiary/aromatic N) is 3. The molecule has 0 radical (unpaired) electrons. The fraction of sp³-hybridized carbons (Fsp3) is 0.706. The molecule has 0 atom stereocenters. The molecule has 1 fully saturated rings. The van der Waals surface area contributed by atoms with E-state index in [0.29, 0.717) is 11.9 Å². The molecule has 1 aromatic rings. The Kier molecular flexibility index (Phi) is 5.75. The highest BCUT2D eigenvalue weighted by Gasteiger charge is 2.26. The molecule has 5 nitrogen and oxygen atoms in total. The van der Waals surface area contributed by atoms with E-state index in [0.717, 1.165) is 55.8 Å².